The van der Waals surface area contributed by atoms with E-state index in [1.54, 1.807) is 24.3 Å². The van der Waals surface area contributed by atoms with Gasteiger partial charge in [0.25, 0.3) is 5.91 Å². The molecule has 6 nitrogen and oxygen atoms in total. The molecule has 1 heterocycles. The monoisotopic (exact) mass is 381 g/mol. The Hall–Kier alpha value is -2.67. The van der Waals surface area contributed by atoms with E-state index in [0.29, 0.717) is 0 Å². The van der Waals surface area contributed by atoms with Crippen molar-refractivity contribution in [1.82, 2.24) is 4.72 Å². The molecule has 2 N–H and O–H groups in total. The van der Waals surface area contributed by atoms with E-state index >= 15 is 0 Å². The first kappa shape index (κ1) is 16.5. The highest BCUT2D eigenvalue weighted by Crippen LogP contribution is 2.38. The van der Waals surface area contributed by atoms with E-state index in [9.17, 15) is 13.8 Å². The average molecular weight is 381 g/mol. The molecule has 0 spiro atoms. The van der Waals surface area contributed by atoms with Crippen LogP contribution >= 0.6 is 0 Å². The van der Waals surface area contributed by atoms with Crippen molar-refractivity contribution in [2.45, 2.75) is 43.4 Å². The smallest absolute Gasteiger partial charge is 0.307 e. The summed E-state index contributed by atoms with van der Waals surface area (Å²) in [5.41, 5.74) is 6.16. The van der Waals surface area contributed by atoms with E-state index in [4.69, 9.17) is 0 Å². The van der Waals surface area contributed by atoms with E-state index in [2.05, 4.69) is 20.5 Å². The molecule has 1 aliphatic heterocycles. The Morgan fingerprint density at radius 2 is 1.67 bits per heavy atom. The fraction of sp³-hybridized carbons (Fsp3) is 0.300. The molecule has 0 aromatic heterocycles. The summed E-state index contributed by atoms with van der Waals surface area (Å²) in [6.07, 6.45) is 6.13. The fourth-order valence-corrected chi connectivity index (χ4v) is 6.01. The van der Waals surface area contributed by atoms with Crippen molar-refractivity contribution in [2.24, 2.45) is 4.36 Å². The second-order valence-corrected chi connectivity index (χ2v) is 9.09. The van der Waals surface area contributed by atoms with E-state index in [1.807, 2.05) is 0 Å². The van der Waals surface area contributed by atoms with Gasteiger partial charge in [-0.2, -0.15) is 0 Å². The molecular formula is C20H19N3O3S. The minimum atomic E-state index is -3.30. The number of aryl methyl sites for hydroxylation is 2. The van der Waals surface area contributed by atoms with Crippen molar-refractivity contribution in [3.63, 3.8) is 0 Å². The highest BCUT2D eigenvalue weighted by Gasteiger charge is 2.31. The van der Waals surface area contributed by atoms with Gasteiger partial charge in [0.15, 0.2) is 9.92 Å². The summed E-state index contributed by atoms with van der Waals surface area (Å²) in [7, 11) is -3.30. The lowest BCUT2D eigenvalue weighted by Crippen LogP contribution is -2.34. The van der Waals surface area contributed by atoms with Crippen LogP contribution in [0.25, 0.3) is 0 Å². The molecule has 7 heteroatoms. The first-order valence-corrected chi connectivity index (χ1v) is 10.7. The lowest BCUT2D eigenvalue weighted by atomic mass is 9.99. The number of nitrogens with zero attached hydrogens (tertiary/aromatic N) is 1. The number of amides is 3. The van der Waals surface area contributed by atoms with Gasteiger partial charge in [-0.3, -0.25) is 4.79 Å². The first-order valence-electron chi connectivity index (χ1n) is 9.21. The molecule has 3 aliphatic rings. The highest BCUT2D eigenvalue weighted by atomic mass is 32.2. The van der Waals surface area contributed by atoms with Crippen molar-refractivity contribution >= 4 is 27.5 Å². The van der Waals surface area contributed by atoms with Gasteiger partial charge < -0.3 is 5.32 Å². The number of anilines is 1. The summed E-state index contributed by atoms with van der Waals surface area (Å²) in [5, 5.41) is 2.94. The largest absolute Gasteiger partial charge is 0.331 e. The van der Waals surface area contributed by atoms with Crippen LogP contribution in [-0.4, -0.2) is 16.1 Å². The number of hydrogen-bond acceptors (Lipinski definition) is 3. The van der Waals surface area contributed by atoms with Crippen LogP contribution in [0.15, 0.2) is 39.6 Å². The Morgan fingerprint density at radius 1 is 1.00 bits per heavy atom. The molecule has 3 amide bonds. The topological polar surface area (TPSA) is 87.6 Å². The molecule has 1 atom stereocenters. The lowest BCUT2D eigenvalue weighted by Gasteiger charge is -2.17. The SMILES string of the molecule is O=C(Nc1c2c(cc3c1CCC3)CCC2)NS1(=O)=NC(=O)c2ccccc21. The van der Waals surface area contributed by atoms with Gasteiger partial charge in [-0.15, -0.1) is 4.36 Å². The van der Waals surface area contributed by atoms with E-state index < -0.39 is 21.9 Å². The molecule has 5 rings (SSSR count). The van der Waals surface area contributed by atoms with Crippen LogP contribution in [0.1, 0.15) is 45.5 Å². The minimum Gasteiger partial charge on any atom is -0.307 e. The number of carbonyl (C=O) groups excluding carboxylic acids is 2. The summed E-state index contributed by atoms with van der Waals surface area (Å²) < 4.78 is 19.3. The maximum atomic E-state index is 13.1. The third kappa shape index (κ3) is 2.56. The maximum Gasteiger partial charge on any atom is 0.331 e. The average Bonchev–Trinajstić information content (AvgIpc) is 3.34. The van der Waals surface area contributed by atoms with Crippen LogP contribution < -0.4 is 10.0 Å². The Balaban J connectivity index is 1.48. The van der Waals surface area contributed by atoms with Crippen LogP contribution in [0.3, 0.4) is 0 Å². The lowest BCUT2D eigenvalue weighted by molar-refractivity contribution is 0.101. The standard InChI is InChI=1S/C20H19N3O3S/c24-19-16-7-1-2-10-17(16)27(26,22-19)23-20(25)21-18-14-8-3-5-12(14)11-13-6-4-9-15(13)18/h1-2,7,10-11H,3-6,8-9H2,(H2,21,22,23,24,25,26). The second kappa shape index (κ2) is 5.92. The Bertz CT molecular complexity index is 1100. The Kier molecular flexibility index (Phi) is 3.62. The van der Waals surface area contributed by atoms with Crippen LogP contribution in [0, 0.1) is 0 Å². The van der Waals surface area contributed by atoms with Crippen LogP contribution in [0.4, 0.5) is 10.5 Å². The molecule has 138 valence electrons. The van der Waals surface area contributed by atoms with Gasteiger partial charge in [-0.05, 0) is 72.9 Å². The zero-order chi connectivity index (χ0) is 18.6. The van der Waals surface area contributed by atoms with Gasteiger partial charge >= 0.3 is 6.03 Å². The number of nitrogens with one attached hydrogen (secondary N) is 2. The molecule has 0 bridgehead atoms. The molecule has 2 aromatic carbocycles. The van der Waals surface area contributed by atoms with Crippen LogP contribution in [0.2, 0.25) is 0 Å². The molecular weight excluding hydrogens is 362 g/mol. The predicted molar refractivity (Wildman–Crippen MR) is 102 cm³/mol. The zero-order valence-corrected chi connectivity index (χ0v) is 15.5. The molecule has 0 radical (unpaired) electrons. The van der Waals surface area contributed by atoms with Crippen LogP contribution in [0.5, 0.6) is 0 Å². The number of carbonyl (C=O) groups is 2. The third-order valence-corrected chi connectivity index (χ3v) is 7.41. The van der Waals surface area contributed by atoms with E-state index in [-0.39, 0.29) is 10.5 Å². The molecule has 2 aliphatic carbocycles. The van der Waals surface area contributed by atoms with E-state index in [1.165, 1.54) is 22.3 Å². The van der Waals surface area contributed by atoms with Crippen molar-refractivity contribution < 1.29 is 13.8 Å². The van der Waals surface area contributed by atoms with Crippen molar-refractivity contribution in [1.29, 1.82) is 0 Å². The Labute approximate surface area is 157 Å². The summed E-state index contributed by atoms with van der Waals surface area (Å²) in [4.78, 5) is 25.0. The van der Waals surface area contributed by atoms with Gasteiger partial charge in [0.2, 0.25) is 0 Å². The number of fused-ring (bicyclic) bond motifs is 3. The van der Waals surface area contributed by atoms with E-state index in [0.717, 1.165) is 44.2 Å². The Morgan fingerprint density at radius 3 is 2.37 bits per heavy atom. The summed E-state index contributed by atoms with van der Waals surface area (Å²) in [5.74, 6) is -0.558. The van der Waals surface area contributed by atoms with Crippen molar-refractivity contribution in [3.8, 4) is 0 Å². The normalized spacial score (nSPS) is 22.0. The van der Waals surface area contributed by atoms with Crippen molar-refractivity contribution in [2.75, 3.05) is 5.32 Å². The molecule has 0 saturated heterocycles. The molecule has 2 aromatic rings. The summed E-state index contributed by atoms with van der Waals surface area (Å²) in [6, 6.07) is 8.23. The fourth-order valence-electron chi connectivity index (χ4n) is 4.41. The van der Waals surface area contributed by atoms with Gasteiger partial charge in [0, 0.05) is 5.69 Å². The molecule has 0 saturated carbocycles. The number of benzene rings is 2. The van der Waals surface area contributed by atoms with Crippen molar-refractivity contribution in [3.05, 3.63) is 58.1 Å². The van der Waals surface area contributed by atoms with Gasteiger partial charge in [-0.1, -0.05) is 18.2 Å². The number of urea groups is 1. The second-order valence-electron chi connectivity index (χ2n) is 7.21. The minimum absolute atomic E-state index is 0.272. The van der Waals surface area contributed by atoms with Gasteiger partial charge in [0.05, 0.1) is 10.5 Å². The molecule has 0 fully saturated rings. The van der Waals surface area contributed by atoms with Crippen LogP contribution in [-0.2, 0) is 35.6 Å². The highest BCUT2D eigenvalue weighted by molar-refractivity contribution is 7.93. The zero-order valence-electron chi connectivity index (χ0n) is 14.7. The summed E-state index contributed by atoms with van der Waals surface area (Å²) >= 11 is 0. The van der Waals surface area contributed by atoms with Gasteiger partial charge in [0.1, 0.15) is 0 Å². The number of rotatable bonds is 2. The summed E-state index contributed by atoms with van der Waals surface area (Å²) in [6.45, 7) is 0. The third-order valence-electron chi connectivity index (χ3n) is 5.57. The first-order chi connectivity index (χ1) is 13.0. The molecule has 1 unspecified atom stereocenters. The van der Waals surface area contributed by atoms with Gasteiger partial charge in [-0.25, -0.2) is 13.7 Å². The predicted octanol–water partition coefficient (Wildman–Crippen LogP) is 3.38. The maximum absolute atomic E-state index is 13.1. The quantitative estimate of drug-likeness (QED) is 0.836. The number of hydrogen-bond donors (Lipinski definition) is 2. The molecule has 27 heavy (non-hydrogen) atoms.